The summed E-state index contributed by atoms with van der Waals surface area (Å²) in [5.74, 6) is 1.17. The first kappa shape index (κ1) is 22.5. The third kappa shape index (κ3) is 5.74. The van der Waals surface area contributed by atoms with E-state index in [2.05, 4.69) is 15.5 Å². The lowest BCUT2D eigenvalue weighted by Crippen LogP contribution is -2.54. The molecular formula is C26H32FN3O2. The van der Waals surface area contributed by atoms with Crippen LogP contribution in [0.2, 0.25) is 0 Å². The number of halogens is 1. The van der Waals surface area contributed by atoms with Gasteiger partial charge in [-0.15, -0.1) is 0 Å². The fraction of sp³-hybridized carbons (Fsp3) is 0.462. The third-order valence-corrected chi connectivity index (χ3v) is 6.86. The van der Waals surface area contributed by atoms with Crippen LogP contribution in [-0.2, 0) is 6.42 Å². The van der Waals surface area contributed by atoms with Gasteiger partial charge in [-0.2, -0.15) is 0 Å². The predicted octanol–water partition coefficient (Wildman–Crippen LogP) is 4.88. The summed E-state index contributed by atoms with van der Waals surface area (Å²) in [7, 11) is 0. The summed E-state index contributed by atoms with van der Waals surface area (Å²) in [5, 5.41) is 5.72. The van der Waals surface area contributed by atoms with Gasteiger partial charge in [0, 0.05) is 36.9 Å². The summed E-state index contributed by atoms with van der Waals surface area (Å²) >= 11 is 0. The Balaban J connectivity index is 1.22. The van der Waals surface area contributed by atoms with Crippen LogP contribution in [0, 0.1) is 17.7 Å². The molecule has 2 bridgehead atoms. The average molecular weight is 438 g/mol. The van der Waals surface area contributed by atoms with Crippen LogP contribution in [0.15, 0.2) is 48.5 Å². The van der Waals surface area contributed by atoms with E-state index in [4.69, 9.17) is 0 Å². The van der Waals surface area contributed by atoms with Gasteiger partial charge < -0.3 is 10.6 Å². The first-order valence-corrected chi connectivity index (χ1v) is 11.6. The number of amides is 2. The van der Waals surface area contributed by atoms with Crippen molar-refractivity contribution >= 4 is 17.5 Å². The zero-order valence-corrected chi connectivity index (χ0v) is 18.6. The van der Waals surface area contributed by atoms with E-state index in [1.54, 1.807) is 36.4 Å². The van der Waals surface area contributed by atoms with Crippen molar-refractivity contribution in [3.05, 3.63) is 65.5 Å². The molecule has 2 aromatic carbocycles. The lowest BCUT2D eigenvalue weighted by molar-refractivity contribution is 0.000976. The van der Waals surface area contributed by atoms with Crippen molar-refractivity contribution in [3.63, 3.8) is 0 Å². The maximum absolute atomic E-state index is 13.2. The molecule has 0 radical (unpaired) electrons. The van der Waals surface area contributed by atoms with Crippen molar-refractivity contribution in [2.45, 2.75) is 45.1 Å². The fourth-order valence-corrected chi connectivity index (χ4v) is 5.33. The average Bonchev–Trinajstić information content (AvgIpc) is 2.79. The second-order valence-corrected chi connectivity index (χ2v) is 9.20. The number of hydrogen-bond acceptors (Lipinski definition) is 3. The van der Waals surface area contributed by atoms with Gasteiger partial charge in [-0.25, -0.2) is 9.18 Å². The molecule has 6 heteroatoms. The summed E-state index contributed by atoms with van der Waals surface area (Å²) in [4.78, 5) is 26.3. The van der Waals surface area contributed by atoms with E-state index in [1.807, 2.05) is 12.1 Å². The van der Waals surface area contributed by atoms with Gasteiger partial charge in [0.2, 0.25) is 0 Å². The highest BCUT2D eigenvalue weighted by Gasteiger charge is 2.40. The molecule has 2 saturated heterocycles. The highest BCUT2D eigenvalue weighted by atomic mass is 19.1. The van der Waals surface area contributed by atoms with Gasteiger partial charge in [0.05, 0.1) is 0 Å². The Bertz CT molecular complexity index is 946. The highest BCUT2D eigenvalue weighted by molar-refractivity contribution is 5.96. The van der Waals surface area contributed by atoms with Crippen LogP contribution in [0.4, 0.5) is 14.9 Å². The molecule has 32 heavy (non-hydrogen) atoms. The van der Waals surface area contributed by atoms with Crippen molar-refractivity contribution < 1.29 is 14.0 Å². The summed E-state index contributed by atoms with van der Waals surface area (Å²) in [6, 6.07) is 14.2. The number of anilines is 1. The molecule has 0 spiro atoms. The van der Waals surface area contributed by atoms with Crippen molar-refractivity contribution in [3.8, 4) is 0 Å². The Hall–Kier alpha value is -2.73. The van der Waals surface area contributed by atoms with Gasteiger partial charge in [-0.05, 0) is 80.7 Å². The largest absolute Gasteiger partial charge is 0.338 e. The minimum absolute atomic E-state index is 0.0254. The molecule has 2 heterocycles. The molecule has 1 saturated carbocycles. The number of fused-ring (bicyclic) bond motifs is 3. The molecule has 3 atom stereocenters. The normalized spacial score (nSPS) is 22.5. The van der Waals surface area contributed by atoms with Gasteiger partial charge >= 0.3 is 6.03 Å². The monoisotopic (exact) mass is 437 g/mol. The minimum Gasteiger partial charge on any atom is -0.338 e. The second-order valence-electron chi connectivity index (χ2n) is 9.20. The number of Topliss-reactive ketones (excluding diaryl/α,β-unsaturated/α-hetero) is 1. The number of hydrogen-bond donors (Lipinski definition) is 2. The van der Waals surface area contributed by atoms with Crippen LogP contribution >= 0.6 is 0 Å². The maximum Gasteiger partial charge on any atom is 0.319 e. The molecular weight excluding hydrogens is 405 g/mol. The van der Waals surface area contributed by atoms with Crippen LogP contribution in [-0.4, -0.2) is 42.4 Å². The van der Waals surface area contributed by atoms with E-state index < -0.39 is 0 Å². The van der Waals surface area contributed by atoms with E-state index in [0.717, 1.165) is 31.8 Å². The summed E-state index contributed by atoms with van der Waals surface area (Å²) < 4.78 is 13.2. The number of benzene rings is 2. The molecule has 170 valence electrons. The number of piperidine rings is 2. The molecule has 5 rings (SSSR count). The molecule has 5 nitrogen and oxygen atoms in total. The van der Waals surface area contributed by atoms with Gasteiger partial charge in [0.25, 0.3) is 0 Å². The number of carbonyl (C=O) groups excluding carboxylic acids is 2. The first-order chi connectivity index (χ1) is 15.5. The van der Waals surface area contributed by atoms with E-state index in [9.17, 15) is 14.0 Å². The van der Waals surface area contributed by atoms with Crippen molar-refractivity contribution in [2.24, 2.45) is 11.8 Å². The lowest BCUT2D eigenvalue weighted by atomic mass is 9.70. The number of rotatable bonds is 8. The Morgan fingerprint density at radius 3 is 2.69 bits per heavy atom. The Morgan fingerprint density at radius 2 is 1.94 bits per heavy atom. The number of nitrogens with one attached hydrogen (secondary N) is 2. The van der Waals surface area contributed by atoms with Crippen molar-refractivity contribution in [1.29, 1.82) is 0 Å². The van der Waals surface area contributed by atoms with Crippen molar-refractivity contribution in [2.75, 3.05) is 25.0 Å². The molecule has 3 fully saturated rings. The van der Waals surface area contributed by atoms with Gasteiger partial charge in [-0.3, -0.25) is 9.69 Å². The standard InChI is InChI=1S/C26H32FN3O2/c1-18(31)21-4-2-5-24(16-21)29-26(32)28-12-3-13-30-17-20-8-11-25(30)22(15-20)14-19-6-9-23(27)10-7-19/h2,4-7,9-10,16,20,22,25H,3,8,11-15,17H2,1H3,(H2,28,29,32)/t20-,22+,25-/m1/s1. The van der Waals surface area contributed by atoms with Crippen molar-refractivity contribution in [1.82, 2.24) is 10.2 Å². The number of urea groups is 1. The number of ketones is 1. The summed E-state index contributed by atoms with van der Waals surface area (Å²) in [6.07, 6.45) is 5.71. The quantitative estimate of drug-likeness (QED) is 0.457. The predicted molar refractivity (Wildman–Crippen MR) is 124 cm³/mol. The Kier molecular flexibility index (Phi) is 7.20. The molecule has 2 N–H and O–H groups in total. The Morgan fingerprint density at radius 1 is 1.12 bits per heavy atom. The van der Waals surface area contributed by atoms with E-state index in [-0.39, 0.29) is 17.6 Å². The zero-order chi connectivity index (χ0) is 22.5. The first-order valence-electron chi connectivity index (χ1n) is 11.6. The maximum atomic E-state index is 13.2. The molecule has 0 unspecified atom stereocenters. The van der Waals surface area contributed by atoms with Crippen LogP contribution in [0.3, 0.4) is 0 Å². The van der Waals surface area contributed by atoms with Crippen LogP contribution in [0.5, 0.6) is 0 Å². The van der Waals surface area contributed by atoms with Crippen LogP contribution in [0.1, 0.15) is 48.5 Å². The van der Waals surface area contributed by atoms with Gasteiger partial charge in [0.15, 0.2) is 5.78 Å². The number of nitrogens with zero attached hydrogens (tertiary/aromatic N) is 1. The van der Waals surface area contributed by atoms with Gasteiger partial charge in [-0.1, -0.05) is 24.3 Å². The molecule has 0 aromatic heterocycles. The highest BCUT2D eigenvalue weighted by Crippen LogP contribution is 2.40. The van der Waals surface area contributed by atoms with Crippen LogP contribution in [0.25, 0.3) is 0 Å². The fourth-order valence-electron chi connectivity index (χ4n) is 5.33. The Labute approximate surface area is 189 Å². The topological polar surface area (TPSA) is 61.4 Å². The summed E-state index contributed by atoms with van der Waals surface area (Å²) in [6.45, 7) is 4.24. The molecule has 2 aliphatic heterocycles. The summed E-state index contributed by atoms with van der Waals surface area (Å²) in [5.41, 5.74) is 2.42. The third-order valence-electron chi connectivity index (χ3n) is 6.86. The van der Waals surface area contributed by atoms with Gasteiger partial charge in [0.1, 0.15) is 5.82 Å². The minimum atomic E-state index is -0.250. The van der Waals surface area contributed by atoms with E-state index in [0.29, 0.717) is 29.8 Å². The van der Waals surface area contributed by atoms with Crippen LogP contribution < -0.4 is 10.6 Å². The molecule has 3 aliphatic rings. The SMILES string of the molecule is CC(=O)c1cccc(NC(=O)NCCCN2C[C@@H]3CC[C@@H]2[C@@H](Cc2ccc(F)cc2)C3)c1. The molecule has 2 amide bonds. The zero-order valence-electron chi connectivity index (χ0n) is 18.6. The lowest BCUT2D eigenvalue weighted by Gasteiger charge is -2.50. The smallest absolute Gasteiger partial charge is 0.319 e. The van der Waals surface area contributed by atoms with E-state index >= 15 is 0 Å². The number of carbonyl (C=O) groups is 2. The molecule has 2 aromatic rings. The second kappa shape index (κ2) is 10.3. The molecule has 1 aliphatic carbocycles. The van der Waals surface area contributed by atoms with E-state index in [1.165, 1.54) is 31.7 Å².